The number of fused-ring (bicyclic) bond motifs is 3. The zero-order valence-corrected chi connectivity index (χ0v) is 14.2. The fourth-order valence-corrected chi connectivity index (χ4v) is 4.59. The van der Waals surface area contributed by atoms with Crippen LogP contribution in [0.5, 0.6) is 0 Å². The molecule has 1 saturated carbocycles. The molecule has 5 rings (SSSR count). The fraction of sp³-hybridized carbons (Fsp3) is 0.333. The van der Waals surface area contributed by atoms with Crippen molar-refractivity contribution >= 4 is 16.7 Å². The monoisotopic (exact) mass is 330 g/mol. The average Bonchev–Trinajstić information content (AvgIpc) is 3.28. The molecule has 2 heterocycles. The summed E-state index contributed by atoms with van der Waals surface area (Å²) in [6, 6.07) is 17.5. The summed E-state index contributed by atoms with van der Waals surface area (Å²) in [5, 5.41) is 2.50. The van der Waals surface area contributed by atoms with E-state index in [0.29, 0.717) is 17.9 Å². The van der Waals surface area contributed by atoms with Crippen molar-refractivity contribution in [1.82, 2.24) is 9.97 Å². The van der Waals surface area contributed by atoms with Gasteiger partial charge in [0, 0.05) is 24.3 Å². The summed E-state index contributed by atoms with van der Waals surface area (Å²) in [6.07, 6.45) is 4.31. The summed E-state index contributed by atoms with van der Waals surface area (Å²) in [7, 11) is 0. The van der Waals surface area contributed by atoms with Crippen LogP contribution >= 0.6 is 0 Å². The smallest absolute Gasteiger partial charge is 0.226 e. The van der Waals surface area contributed by atoms with Gasteiger partial charge in [0.15, 0.2) is 0 Å². The Morgan fingerprint density at radius 2 is 1.92 bits per heavy atom. The molecule has 2 N–H and O–H groups in total. The summed E-state index contributed by atoms with van der Waals surface area (Å²) in [6.45, 7) is 1.86. The number of benzene rings is 2. The van der Waals surface area contributed by atoms with E-state index in [1.54, 1.807) is 0 Å². The second kappa shape index (κ2) is 5.81. The quantitative estimate of drug-likeness (QED) is 0.799. The van der Waals surface area contributed by atoms with Crippen molar-refractivity contribution in [3.63, 3.8) is 0 Å². The Morgan fingerprint density at radius 1 is 1.04 bits per heavy atom. The first-order valence-electron chi connectivity index (χ1n) is 9.11. The lowest BCUT2D eigenvalue weighted by Gasteiger charge is -2.31. The highest BCUT2D eigenvalue weighted by molar-refractivity contribution is 5.86. The predicted octanol–water partition coefficient (Wildman–Crippen LogP) is 3.47. The highest BCUT2D eigenvalue weighted by Gasteiger charge is 2.44. The van der Waals surface area contributed by atoms with Crippen LogP contribution in [0.2, 0.25) is 0 Å². The lowest BCUT2D eigenvalue weighted by atomic mass is 9.95. The third-order valence-corrected chi connectivity index (χ3v) is 5.94. The van der Waals surface area contributed by atoms with Gasteiger partial charge in [-0.3, -0.25) is 0 Å². The minimum absolute atomic E-state index is 0.561. The largest absolute Gasteiger partial charge is 0.338 e. The molecule has 1 aliphatic heterocycles. The maximum atomic E-state index is 5.90. The molecule has 25 heavy (non-hydrogen) atoms. The van der Waals surface area contributed by atoms with E-state index in [2.05, 4.69) is 52.3 Å². The Hall–Kier alpha value is -2.46. The molecule has 3 aromatic rings. The fourth-order valence-electron chi connectivity index (χ4n) is 4.59. The predicted molar refractivity (Wildman–Crippen MR) is 101 cm³/mol. The van der Waals surface area contributed by atoms with Crippen LogP contribution in [0.1, 0.15) is 12.8 Å². The molecule has 1 saturated heterocycles. The summed E-state index contributed by atoms with van der Waals surface area (Å²) >= 11 is 0. The molecule has 4 nitrogen and oxygen atoms in total. The van der Waals surface area contributed by atoms with E-state index in [9.17, 15) is 0 Å². The average molecular weight is 330 g/mol. The molecule has 1 aromatic heterocycles. The van der Waals surface area contributed by atoms with E-state index in [1.165, 1.54) is 23.6 Å². The van der Waals surface area contributed by atoms with E-state index in [-0.39, 0.29) is 0 Å². The molecule has 2 bridgehead atoms. The Kier molecular flexibility index (Phi) is 3.45. The van der Waals surface area contributed by atoms with Gasteiger partial charge in [-0.25, -0.2) is 9.97 Å². The molecule has 0 spiro atoms. The second-order valence-corrected chi connectivity index (χ2v) is 7.34. The zero-order valence-electron chi connectivity index (χ0n) is 14.2. The summed E-state index contributed by atoms with van der Waals surface area (Å²) in [4.78, 5) is 11.8. The van der Waals surface area contributed by atoms with Crippen molar-refractivity contribution in [2.75, 3.05) is 18.0 Å². The first-order valence-corrected chi connectivity index (χ1v) is 9.11. The second-order valence-electron chi connectivity index (χ2n) is 7.34. The van der Waals surface area contributed by atoms with Crippen LogP contribution in [0.25, 0.3) is 22.0 Å². The van der Waals surface area contributed by atoms with Crippen LogP contribution in [0.15, 0.2) is 54.7 Å². The molecule has 2 fully saturated rings. The maximum absolute atomic E-state index is 5.90. The minimum atomic E-state index is 0.561. The van der Waals surface area contributed by atoms with Crippen molar-refractivity contribution in [2.45, 2.75) is 18.9 Å². The van der Waals surface area contributed by atoms with Gasteiger partial charge in [0.05, 0.1) is 5.69 Å². The molecule has 2 aliphatic rings. The van der Waals surface area contributed by atoms with Gasteiger partial charge < -0.3 is 10.6 Å². The van der Waals surface area contributed by atoms with Gasteiger partial charge in [-0.1, -0.05) is 36.4 Å². The first-order chi connectivity index (χ1) is 12.3. The van der Waals surface area contributed by atoms with Crippen molar-refractivity contribution in [3.05, 3.63) is 54.7 Å². The van der Waals surface area contributed by atoms with E-state index in [1.807, 2.05) is 12.3 Å². The van der Waals surface area contributed by atoms with Gasteiger partial charge >= 0.3 is 0 Å². The molecular formula is C21H22N4. The molecule has 2 aromatic carbocycles. The number of rotatable bonds is 3. The van der Waals surface area contributed by atoms with Crippen LogP contribution in [-0.2, 0) is 0 Å². The Morgan fingerprint density at radius 3 is 2.72 bits per heavy atom. The summed E-state index contributed by atoms with van der Waals surface area (Å²) in [5.41, 5.74) is 8.04. The molecule has 0 amide bonds. The van der Waals surface area contributed by atoms with Crippen LogP contribution in [0.4, 0.5) is 5.95 Å². The standard InChI is InChI=1S/C21H22N4/c22-12-17-10-19-11-18(17)13-25(19)21-23-8-7-20(24-21)16-6-5-14-3-1-2-4-15(14)9-16/h1-9,17-19H,10-13,22H2/t17-,18-,19+/m0/s1. The zero-order chi connectivity index (χ0) is 16.8. The summed E-state index contributed by atoms with van der Waals surface area (Å²) < 4.78 is 0. The van der Waals surface area contributed by atoms with Crippen molar-refractivity contribution in [3.8, 4) is 11.3 Å². The number of nitrogens with zero attached hydrogens (tertiary/aromatic N) is 3. The van der Waals surface area contributed by atoms with E-state index in [4.69, 9.17) is 10.7 Å². The number of piperidine rings is 1. The van der Waals surface area contributed by atoms with Crippen LogP contribution in [0, 0.1) is 11.8 Å². The number of hydrogen-bond donors (Lipinski definition) is 1. The molecule has 1 aliphatic carbocycles. The van der Waals surface area contributed by atoms with Gasteiger partial charge in [-0.15, -0.1) is 0 Å². The number of nitrogens with two attached hydrogens (primary N) is 1. The Bertz CT molecular complexity index is 922. The van der Waals surface area contributed by atoms with Gasteiger partial charge in [0.2, 0.25) is 5.95 Å². The molecule has 4 heteroatoms. The first kappa shape index (κ1) is 14.8. The third kappa shape index (κ3) is 2.48. The van der Waals surface area contributed by atoms with Crippen LogP contribution in [0.3, 0.4) is 0 Å². The number of anilines is 1. The molecule has 0 radical (unpaired) electrons. The lowest BCUT2D eigenvalue weighted by Crippen LogP contribution is -2.38. The Labute approximate surface area is 147 Å². The van der Waals surface area contributed by atoms with Crippen molar-refractivity contribution in [2.24, 2.45) is 17.6 Å². The molecule has 126 valence electrons. The van der Waals surface area contributed by atoms with Crippen LogP contribution < -0.4 is 10.6 Å². The molecule has 0 unspecified atom stereocenters. The Balaban J connectivity index is 1.47. The van der Waals surface area contributed by atoms with Gasteiger partial charge in [0.25, 0.3) is 0 Å². The van der Waals surface area contributed by atoms with E-state index < -0.39 is 0 Å². The normalized spacial score (nSPS) is 25.0. The van der Waals surface area contributed by atoms with Gasteiger partial charge in [0.1, 0.15) is 0 Å². The highest BCUT2D eigenvalue weighted by atomic mass is 15.3. The number of aromatic nitrogens is 2. The highest BCUT2D eigenvalue weighted by Crippen LogP contribution is 2.42. The topological polar surface area (TPSA) is 55.0 Å². The van der Waals surface area contributed by atoms with E-state index >= 15 is 0 Å². The molecule has 3 atom stereocenters. The van der Waals surface area contributed by atoms with Crippen molar-refractivity contribution < 1.29 is 0 Å². The minimum Gasteiger partial charge on any atom is -0.338 e. The third-order valence-electron chi connectivity index (χ3n) is 5.94. The number of hydrogen-bond acceptors (Lipinski definition) is 4. The van der Waals surface area contributed by atoms with Crippen molar-refractivity contribution in [1.29, 1.82) is 0 Å². The van der Waals surface area contributed by atoms with Gasteiger partial charge in [-0.05, 0) is 54.1 Å². The molecular weight excluding hydrogens is 308 g/mol. The van der Waals surface area contributed by atoms with Gasteiger partial charge in [-0.2, -0.15) is 0 Å². The van der Waals surface area contributed by atoms with E-state index in [0.717, 1.165) is 30.3 Å². The van der Waals surface area contributed by atoms with Crippen LogP contribution in [-0.4, -0.2) is 29.1 Å². The SMILES string of the molecule is NC[C@@H]1C[C@@H]2C[C@H]1CN2c1nccc(-c2ccc3ccccc3c2)n1. The lowest BCUT2D eigenvalue weighted by molar-refractivity contribution is 0.381. The summed E-state index contributed by atoms with van der Waals surface area (Å²) in [5.74, 6) is 2.27. The maximum Gasteiger partial charge on any atom is 0.226 e.